The maximum Gasteiger partial charge on any atom is 0.341 e. The molecule has 1 aliphatic carbocycles. The first-order valence-corrected chi connectivity index (χ1v) is 13.6. The van der Waals surface area contributed by atoms with Gasteiger partial charge < -0.3 is 19.4 Å². The minimum atomic E-state index is -0.449. The molecular formula is C24H26ClFN4O4S2. The van der Waals surface area contributed by atoms with E-state index in [1.807, 2.05) is 0 Å². The van der Waals surface area contributed by atoms with Gasteiger partial charge >= 0.3 is 5.97 Å². The van der Waals surface area contributed by atoms with E-state index in [4.69, 9.17) is 21.1 Å². The first-order valence-electron chi connectivity index (χ1n) is 11.5. The zero-order valence-electron chi connectivity index (χ0n) is 20.1. The average molecular weight is 553 g/mol. The van der Waals surface area contributed by atoms with Gasteiger partial charge in [-0.2, -0.15) is 0 Å². The van der Waals surface area contributed by atoms with E-state index in [-0.39, 0.29) is 29.9 Å². The normalized spacial score (nSPS) is 14.9. The van der Waals surface area contributed by atoms with E-state index < -0.39 is 11.8 Å². The Bertz CT molecular complexity index is 1280. The maximum absolute atomic E-state index is 13.2. The van der Waals surface area contributed by atoms with Crippen molar-refractivity contribution >= 4 is 51.6 Å². The number of nitrogens with zero attached hydrogens (tertiary/aromatic N) is 3. The zero-order valence-corrected chi connectivity index (χ0v) is 22.5. The quantitative estimate of drug-likeness (QED) is 0.285. The van der Waals surface area contributed by atoms with Crippen molar-refractivity contribution in [2.75, 3.05) is 17.7 Å². The fourth-order valence-corrected chi connectivity index (χ4v) is 6.25. The van der Waals surface area contributed by atoms with Crippen LogP contribution in [0, 0.1) is 11.7 Å². The molecule has 1 aliphatic rings. The number of thiophene rings is 1. The highest BCUT2D eigenvalue weighted by Gasteiger charge is 2.29. The zero-order chi connectivity index (χ0) is 25.8. The topological polar surface area (TPSA) is 95.3 Å². The van der Waals surface area contributed by atoms with Gasteiger partial charge in [0.25, 0.3) is 0 Å². The Morgan fingerprint density at radius 3 is 2.92 bits per heavy atom. The predicted octanol–water partition coefficient (Wildman–Crippen LogP) is 5.28. The highest BCUT2D eigenvalue weighted by atomic mass is 35.5. The Hall–Kier alpha value is -2.63. The van der Waals surface area contributed by atoms with E-state index in [1.165, 1.54) is 41.3 Å². The Morgan fingerprint density at radius 1 is 1.36 bits per heavy atom. The first-order chi connectivity index (χ1) is 17.3. The van der Waals surface area contributed by atoms with Crippen LogP contribution in [0.1, 0.15) is 46.9 Å². The van der Waals surface area contributed by atoms with E-state index >= 15 is 0 Å². The monoisotopic (exact) mass is 552 g/mol. The first kappa shape index (κ1) is 26.4. The summed E-state index contributed by atoms with van der Waals surface area (Å²) in [7, 11) is 1.76. The molecule has 1 unspecified atom stereocenters. The molecule has 0 spiro atoms. The Balaban J connectivity index is 1.39. The van der Waals surface area contributed by atoms with Gasteiger partial charge in [0.05, 0.1) is 22.9 Å². The number of fused-ring (bicyclic) bond motifs is 1. The van der Waals surface area contributed by atoms with Gasteiger partial charge in [0.15, 0.2) is 11.0 Å². The van der Waals surface area contributed by atoms with Crippen LogP contribution in [0.4, 0.5) is 9.39 Å². The van der Waals surface area contributed by atoms with Crippen LogP contribution in [-0.4, -0.2) is 39.0 Å². The highest BCUT2D eigenvalue weighted by Crippen LogP contribution is 2.40. The van der Waals surface area contributed by atoms with Crippen LogP contribution in [0.2, 0.25) is 5.02 Å². The molecule has 192 valence electrons. The van der Waals surface area contributed by atoms with Crippen molar-refractivity contribution in [3.8, 4) is 5.75 Å². The number of benzene rings is 1. The van der Waals surface area contributed by atoms with Gasteiger partial charge in [0.1, 0.15) is 23.2 Å². The van der Waals surface area contributed by atoms with Crippen LogP contribution in [0.15, 0.2) is 23.4 Å². The second-order valence-electron chi connectivity index (χ2n) is 8.43. The van der Waals surface area contributed by atoms with E-state index in [0.29, 0.717) is 33.2 Å². The number of carbonyl (C=O) groups excluding carboxylic acids is 2. The van der Waals surface area contributed by atoms with Gasteiger partial charge in [0.2, 0.25) is 5.91 Å². The van der Waals surface area contributed by atoms with Crippen LogP contribution in [-0.2, 0) is 36.0 Å². The molecular weight excluding hydrogens is 527 g/mol. The largest absolute Gasteiger partial charge is 0.484 e. The number of carbonyl (C=O) groups is 2. The van der Waals surface area contributed by atoms with Crippen LogP contribution in [0.3, 0.4) is 0 Å². The molecule has 2 heterocycles. The summed E-state index contributed by atoms with van der Waals surface area (Å²) in [6, 6.07) is 3.88. The smallest absolute Gasteiger partial charge is 0.341 e. The van der Waals surface area contributed by atoms with Gasteiger partial charge in [-0.15, -0.1) is 21.5 Å². The lowest BCUT2D eigenvalue weighted by molar-refractivity contribution is -0.113. The summed E-state index contributed by atoms with van der Waals surface area (Å²) in [5.74, 6) is 0.372. The van der Waals surface area contributed by atoms with Gasteiger partial charge in [-0.1, -0.05) is 30.3 Å². The molecule has 8 nitrogen and oxygen atoms in total. The minimum Gasteiger partial charge on any atom is -0.484 e. The molecule has 0 aliphatic heterocycles. The Kier molecular flexibility index (Phi) is 8.53. The second kappa shape index (κ2) is 11.6. The number of aromatic nitrogens is 3. The third-order valence-corrected chi connectivity index (χ3v) is 8.24. The van der Waals surface area contributed by atoms with Crippen LogP contribution < -0.4 is 10.1 Å². The van der Waals surface area contributed by atoms with Crippen LogP contribution in [0.5, 0.6) is 5.75 Å². The van der Waals surface area contributed by atoms with Crippen LogP contribution in [0.25, 0.3) is 0 Å². The standard InChI is InChI=1S/C24H26ClFN4O4S2/c1-4-33-23(32)21-15-7-5-13(2)9-18(15)36-22(21)27-20(31)12-35-24-29-28-19(30(24)3)11-34-17-8-6-14(26)10-16(17)25/h6,8,10,13H,4-5,7,9,11-12H2,1-3H3,(H,27,31). The number of rotatable bonds is 9. The molecule has 36 heavy (non-hydrogen) atoms. The number of hydrogen-bond donors (Lipinski definition) is 1. The molecule has 0 bridgehead atoms. The van der Waals surface area contributed by atoms with Gasteiger partial charge in [0, 0.05) is 11.9 Å². The number of thioether (sulfide) groups is 1. The Labute approximate surface area is 221 Å². The summed E-state index contributed by atoms with van der Waals surface area (Å²) in [5.41, 5.74) is 1.48. The van der Waals surface area contributed by atoms with Gasteiger partial charge in [-0.3, -0.25) is 4.79 Å². The molecule has 0 saturated heterocycles. The van der Waals surface area contributed by atoms with Crippen molar-refractivity contribution in [1.29, 1.82) is 0 Å². The van der Waals surface area contributed by atoms with Crippen LogP contribution >= 0.6 is 34.7 Å². The molecule has 1 atom stereocenters. The summed E-state index contributed by atoms with van der Waals surface area (Å²) >= 11 is 8.67. The average Bonchev–Trinajstić information content (AvgIpc) is 3.36. The number of halogens is 2. The number of hydrogen-bond acceptors (Lipinski definition) is 8. The number of nitrogens with one attached hydrogen (secondary N) is 1. The number of esters is 1. The summed E-state index contributed by atoms with van der Waals surface area (Å²) in [6.07, 6.45) is 2.70. The number of anilines is 1. The summed E-state index contributed by atoms with van der Waals surface area (Å²) in [5, 5.41) is 12.4. The van der Waals surface area contributed by atoms with E-state index in [9.17, 15) is 14.0 Å². The summed E-state index contributed by atoms with van der Waals surface area (Å²) < 4.78 is 25.8. The molecule has 0 radical (unpaired) electrons. The summed E-state index contributed by atoms with van der Waals surface area (Å²) in [6.45, 7) is 4.30. The van der Waals surface area contributed by atoms with Crippen molar-refractivity contribution in [2.24, 2.45) is 13.0 Å². The minimum absolute atomic E-state index is 0.0731. The van der Waals surface area contributed by atoms with Crippen molar-refractivity contribution < 1.29 is 23.5 Å². The van der Waals surface area contributed by atoms with Crippen molar-refractivity contribution in [1.82, 2.24) is 14.8 Å². The SMILES string of the molecule is CCOC(=O)c1c(NC(=O)CSc2nnc(COc3ccc(F)cc3Cl)n2C)sc2c1CCC(C)C2. The fourth-order valence-electron chi connectivity index (χ4n) is 3.88. The summed E-state index contributed by atoms with van der Waals surface area (Å²) in [4.78, 5) is 26.6. The molecule has 12 heteroatoms. The molecule has 4 rings (SSSR count). The third-order valence-electron chi connectivity index (χ3n) is 5.75. The number of amides is 1. The van der Waals surface area contributed by atoms with Crippen molar-refractivity contribution in [3.63, 3.8) is 0 Å². The van der Waals surface area contributed by atoms with E-state index in [1.54, 1.807) is 18.5 Å². The van der Waals surface area contributed by atoms with Crippen molar-refractivity contribution in [2.45, 2.75) is 44.9 Å². The highest BCUT2D eigenvalue weighted by molar-refractivity contribution is 7.99. The maximum atomic E-state index is 13.2. The molecule has 1 N–H and O–H groups in total. The molecule has 2 aromatic heterocycles. The lowest BCUT2D eigenvalue weighted by Crippen LogP contribution is -2.18. The lowest BCUT2D eigenvalue weighted by Gasteiger charge is -2.18. The Morgan fingerprint density at radius 2 is 2.17 bits per heavy atom. The van der Waals surface area contributed by atoms with E-state index in [2.05, 4.69) is 22.4 Å². The van der Waals surface area contributed by atoms with Gasteiger partial charge in [-0.05, 0) is 55.9 Å². The molecule has 0 fully saturated rings. The molecule has 1 amide bonds. The molecule has 3 aromatic rings. The third kappa shape index (κ3) is 6.01. The molecule has 0 saturated carbocycles. The predicted molar refractivity (Wildman–Crippen MR) is 138 cm³/mol. The second-order valence-corrected chi connectivity index (χ2v) is 10.9. The molecule has 1 aromatic carbocycles. The fraction of sp³-hybridized carbons (Fsp3) is 0.417. The van der Waals surface area contributed by atoms with Crippen molar-refractivity contribution in [3.05, 3.63) is 50.9 Å². The van der Waals surface area contributed by atoms with E-state index in [0.717, 1.165) is 29.7 Å². The van der Waals surface area contributed by atoms with Gasteiger partial charge in [-0.25, -0.2) is 9.18 Å². The number of ether oxygens (including phenoxy) is 2. The lowest BCUT2D eigenvalue weighted by atomic mass is 9.88.